The molecule has 2 aromatic heterocycles. The third-order valence-corrected chi connectivity index (χ3v) is 17.2. The second kappa shape index (κ2) is 59.4. The molecular weight excluding hydrogens is 1910 g/mol. The number of H-pyrrole nitrogens is 2. The number of hydrogen-bond donors (Lipinski definition) is 22. The van der Waals surface area contributed by atoms with Gasteiger partial charge in [0.1, 0.15) is 42.3 Å². The standard InChI is InChI=1S/C68H99N19O30.2Gd.2H2O/c1-3-4-7-14-72-63(112)42(11-13-50(89)74-24-51(90)77-43(10-12-49(69)88)64(113)79-44(19-38-21-73-41-9-6-5-8-40(38)41)65(114)80-45(62(111)70-2)20-39-22-71-37-76-39)78-66(115)46(81-68(117)48(87(35-60(107)108)36-61(109)110)26-83(28-53(93)94)16-18-85(31-56(99)100)32-57(101)102)23-75-67(116)47(86(33-58(103)104)34-59(105)106)25-82(27-52(91)92)15-17-84(29-54(95)96)30-55(97)98;;;;/h5-6,8-9,21-22,37,42-48,73H,3-4,7,10-20,23-36H2,1-2H3,(H2,69,88)(H,70,111)(H,71,76)(H,72,112)(H,74,89)(H,75,116)(H,77,90)(H,78,115)(H,79,113)(H,80,114)(H,81,117)(H,91,92)(H,93,94)(H,95,96)(H,97,98)(H,99,100)(H,101,102)(H,103,104)(H,105,106)(H,107,108)(H,109,110);;;2*1H2/q;2*+3;;/t42-,43+,44?,45+,46?,47-,48-;;;;/m1..../s1. The summed E-state index contributed by atoms with van der Waals surface area (Å²) in [5.41, 5.74) is 7.06. The number of rotatable bonds is 62. The van der Waals surface area contributed by atoms with Gasteiger partial charge in [-0.3, -0.25) is 125 Å². The van der Waals surface area contributed by atoms with Crippen LogP contribution in [0.4, 0.5) is 0 Å². The number of imidazole rings is 1. The number of aromatic nitrogens is 3. The molecule has 51 nitrogen and oxygen atoms in total. The summed E-state index contributed by atoms with van der Waals surface area (Å²) in [5.74, 6) is -28.4. The van der Waals surface area contributed by atoms with Gasteiger partial charge in [-0.1, -0.05) is 38.0 Å². The molecule has 0 aliphatic heterocycles. The number of carboxylic acids is 10. The van der Waals surface area contributed by atoms with E-state index in [1.165, 1.54) is 19.6 Å². The maximum absolute atomic E-state index is 15.1. The van der Waals surface area contributed by atoms with Crippen molar-refractivity contribution in [2.24, 2.45) is 5.73 Å². The summed E-state index contributed by atoms with van der Waals surface area (Å²) in [7, 11) is 1.32. The van der Waals surface area contributed by atoms with Crippen LogP contribution in [0.3, 0.4) is 0 Å². The van der Waals surface area contributed by atoms with Crippen LogP contribution in [0, 0.1) is 79.9 Å². The largest absolute Gasteiger partial charge is 3.00 e. The molecule has 3 aromatic rings. The first-order chi connectivity index (χ1) is 55.2. The van der Waals surface area contributed by atoms with Crippen molar-refractivity contribution in [1.29, 1.82) is 0 Å². The monoisotopic (exact) mass is 2010 g/mol. The molecule has 2 unspecified atom stereocenters. The summed E-state index contributed by atoms with van der Waals surface area (Å²) in [4.78, 5) is 276. The van der Waals surface area contributed by atoms with Gasteiger partial charge >= 0.3 is 140 Å². The molecule has 53 heteroatoms. The zero-order valence-electron chi connectivity index (χ0n) is 65.4. The molecule has 121 heavy (non-hydrogen) atoms. The van der Waals surface area contributed by atoms with Crippen molar-refractivity contribution in [3.05, 3.63) is 54.2 Å². The van der Waals surface area contributed by atoms with Crippen LogP contribution >= 0.6 is 0 Å². The number of carboxylic acid groups (broad SMARTS) is 10. The Labute approximate surface area is 752 Å². The summed E-state index contributed by atoms with van der Waals surface area (Å²) in [5, 5.41) is 120. The van der Waals surface area contributed by atoms with Gasteiger partial charge in [-0.15, -0.1) is 0 Å². The fourth-order valence-electron chi connectivity index (χ4n) is 11.7. The number of likely N-dealkylation sites (N-methyl/N-ethyl adjacent to an activating group) is 1. The summed E-state index contributed by atoms with van der Waals surface area (Å²) >= 11 is 0. The minimum absolute atomic E-state index is 0. The van der Waals surface area contributed by atoms with E-state index in [1.54, 1.807) is 37.4 Å². The number of nitrogens with two attached hydrogens (primary N) is 1. The van der Waals surface area contributed by atoms with Crippen molar-refractivity contribution in [3.63, 3.8) is 0 Å². The number of aromatic amines is 2. The van der Waals surface area contributed by atoms with Crippen LogP contribution in [0.1, 0.15) is 63.1 Å². The molecule has 10 amide bonds. The van der Waals surface area contributed by atoms with E-state index in [0.717, 1.165) is 19.6 Å². The molecule has 27 N–H and O–H groups in total. The number of carbonyl (C=O) groups is 20. The number of benzene rings is 1. The number of fused-ring (bicyclic) bond motifs is 1. The van der Waals surface area contributed by atoms with Gasteiger partial charge in [0.15, 0.2) is 0 Å². The number of aliphatic carboxylic acids is 10. The zero-order chi connectivity index (χ0) is 87.6. The minimum Gasteiger partial charge on any atom is -0.480 e. The van der Waals surface area contributed by atoms with Crippen molar-refractivity contribution in [1.82, 2.24) is 92.2 Å². The molecule has 672 valence electrons. The Bertz CT molecular complexity index is 3930. The number of para-hydroxylation sites is 1. The van der Waals surface area contributed by atoms with Crippen molar-refractivity contribution >= 4 is 130 Å². The number of unbranched alkanes of at least 4 members (excludes halogenated alkanes) is 2. The van der Waals surface area contributed by atoms with E-state index in [9.17, 15) is 137 Å². The second-order valence-electron chi connectivity index (χ2n) is 26.6. The van der Waals surface area contributed by atoms with Gasteiger partial charge in [0.2, 0.25) is 59.1 Å². The number of hydrogen-bond acceptors (Lipinski definition) is 27. The van der Waals surface area contributed by atoms with Crippen LogP contribution < -0.4 is 53.6 Å². The molecule has 7 atom stereocenters. The van der Waals surface area contributed by atoms with E-state index in [2.05, 4.69) is 62.8 Å². The van der Waals surface area contributed by atoms with Crippen molar-refractivity contribution in [2.45, 2.75) is 107 Å². The van der Waals surface area contributed by atoms with Crippen molar-refractivity contribution in [2.75, 3.05) is 131 Å². The number of carbonyl (C=O) groups excluding carboxylic acids is 10. The maximum atomic E-state index is 15.1. The molecule has 1 aromatic carbocycles. The van der Waals surface area contributed by atoms with E-state index >= 15 is 9.59 Å². The summed E-state index contributed by atoms with van der Waals surface area (Å²) in [6.07, 6.45) is 2.86. The van der Waals surface area contributed by atoms with Gasteiger partial charge < -0.3 is 126 Å². The van der Waals surface area contributed by atoms with E-state index in [-0.39, 0.29) is 110 Å². The molecule has 2 radical (unpaired) electrons. The van der Waals surface area contributed by atoms with Crippen LogP contribution in [-0.2, 0) is 109 Å². The average molecular weight is 2010 g/mol. The molecule has 3 rings (SSSR count). The Kier molecular flexibility index (Phi) is 55.4. The van der Waals surface area contributed by atoms with E-state index in [0.29, 0.717) is 51.2 Å². The van der Waals surface area contributed by atoms with Crippen LogP contribution in [0.15, 0.2) is 43.0 Å². The Hall–Kier alpha value is -10.3. The van der Waals surface area contributed by atoms with E-state index in [1.807, 2.05) is 0 Å². The average Bonchev–Trinajstić information content (AvgIpc) is 1.68. The molecule has 0 saturated carbocycles. The maximum Gasteiger partial charge on any atom is 3.00 e. The van der Waals surface area contributed by atoms with Gasteiger partial charge in [0.25, 0.3) is 0 Å². The summed E-state index contributed by atoms with van der Waals surface area (Å²) in [6, 6.07) is -6.30. The predicted octanol–water partition coefficient (Wildman–Crippen LogP) is -10.8. The van der Waals surface area contributed by atoms with Crippen LogP contribution in [0.5, 0.6) is 0 Å². The van der Waals surface area contributed by atoms with Crippen LogP contribution in [0.25, 0.3) is 10.9 Å². The third kappa shape index (κ3) is 45.8. The Balaban J connectivity index is 0. The van der Waals surface area contributed by atoms with Gasteiger partial charge in [0, 0.05) is 114 Å². The van der Waals surface area contributed by atoms with Gasteiger partial charge in [0.05, 0.1) is 78.3 Å². The first-order valence-corrected chi connectivity index (χ1v) is 36.1. The molecule has 0 spiro atoms. The smallest absolute Gasteiger partial charge is 0.480 e. The quantitative estimate of drug-likeness (QED) is 0.0233. The van der Waals surface area contributed by atoms with Crippen molar-refractivity contribution in [3.8, 4) is 0 Å². The molecule has 0 saturated heterocycles. The number of primary amides is 1. The van der Waals surface area contributed by atoms with Crippen molar-refractivity contribution < 1.29 is 238 Å². The number of amides is 10. The van der Waals surface area contributed by atoms with E-state index < -0.39 is 305 Å². The van der Waals surface area contributed by atoms with Gasteiger partial charge in [-0.25, -0.2) is 4.98 Å². The molecule has 0 aliphatic carbocycles. The summed E-state index contributed by atoms with van der Waals surface area (Å²) in [6.45, 7) is -16.7. The normalized spacial score (nSPS) is 12.6. The topological polar surface area (TPSA) is 805 Å². The summed E-state index contributed by atoms with van der Waals surface area (Å²) < 4.78 is 0. The fourth-order valence-corrected chi connectivity index (χ4v) is 11.7. The molecule has 2 heterocycles. The third-order valence-electron chi connectivity index (χ3n) is 17.2. The van der Waals surface area contributed by atoms with Gasteiger partial charge in [-0.05, 0) is 30.9 Å². The SMILES string of the molecule is CCCCCNC(=O)[C@@H](CCC(=O)NCC(=O)N[C@@H](CCC(N)=O)C(=O)NC(Cc1c[nH]c2ccccc12)C(=O)N[C@@H](Cc1cnc[nH]1)C(=O)NC)NC(=O)C(CNC(=O)[C@@H](CN(CCN(CC(=O)O)CC(=O)O)CC(=O)O)N(CC(=O)O)CC(=O)O)NC(=O)[C@@H](CN(CCN(CC(=O)O)CC(=O)O)CC(=O)O)N(CC(=O)O)CC(=O)O.O.O.[Gd+3].[Gd+3]. The second-order valence-corrected chi connectivity index (χ2v) is 26.6. The number of nitrogens with zero attached hydrogens (tertiary/aromatic N) is 7. The zero-order valence-corrected chi connectivity index (χ0v) is 70.0. The number of nitrogens with one attached hydrogen (secondary N) is 11. The molecule has 0 bridgehead atoms. The fraction of sp³-hybridized carbons (Fsp3) is 0.544. The van der Waals surface area contributed by atoms with Crippen LogP contribution in [0.2, 0.25) is 0 Å². The first-order valence-electron chi connectivity index (χ1n) is 36.1. The first kappa shape index (κ1) is 113. The molecule has 0 aliphatic rings. The Morgan fingerprint density at radius 3 is 1.31 bits per heavy atom. The molecular formula is C68H103Gd2N19O32+6. The Morgan fingerprint density at radius 1 is 0.438 bits per heavy atom. The molecule has 0 fully saturated rings. The van der Waals surface area contributed by atoms with Crippen LogP contribution in [-0.4, -0.2) is 399 Å². The minimum atomic E-state index is -2.42. The van der Waals surface area contributed by atoms with E-state index in [4.69, 9.17) is 5.73 Å². The predicted molar refractivity (Wildman–Crippen MR) is 404 cm³/mol. The van der Waals surface area contributed by atoms with Gasteiger partial charge in [-0.2, -0.15) is 0 Å². The Morgan fingerprint density at radius 2 is 0.851 bits per heavy atom.